The Bertz CT molecular complexity index is 1130. The van der Waals surface area contributed by atoms with E-state index < -0.39 is 17.0 Å². The number of rotatable bonds is 3. The summed E-state index contributed by atoms with van der Waals surface area (Å²) < 4.78 is 0. The Morgan fingerprint density at radius 2 is 1.77 bits per heavy atom. The lowest BCUT2D eigenvalue weighted by molar-refractivity contribution is -0.658. The second kappa shape index (κ2) is 7.90. The number of para-hydroxylation sites is 1. The van der Waals surface area contributed by atoms with Crippen LogP contribution in [0.4, 0.5) is 5.69 Å². The van der Waals surface area contributed by atoms with Crippen LogP contribution in [0.15, 0.2) is 54.6 Å². The van der Waals surface area contributed by atoms with Gasteiger partial charge in [0.2, 0.25) is 5.91 Å². The number of amidine groups is 1. The molecule has 0 spiro atoms. The van der Waals surface area contributed by atoms with Gasteiger partial charge in [-0.05, 0) is 23.3 Å². The van der Waals surface area contributed by atoms with Gasteiger partial charge in [-0.15, -0.1) is 5.01 Å². The summed E-state index contributed by atoms with van der Waals surface area (Å²) in [6.45, 7) is -0.0856. The zero-order valence-corrected chi connectivity index (χ0v) is 16.4. The molecule has 1 fully saturated rings. The van der Waals surface area contributed by atoms with Crippen molar-refractivity contribution in [3.05, 3.63) is 81.4 Å². The molecule has 2 heterocycles. The van der Waals surface area contributed by atoms with E-state index in [1.54, 1.807) is 36.4 Å². The first-order valence-corrected chi connectivity index (χ1v) is 9.62. The Kier molecular flexibility index (Phi) is 5.12. The zero-order valence-electron chi connectivity index (χ0n) is 16.4. The SMILES string of the molecule is N=C(N)C1CN([N+](=O)[O-])CCN1C(=O)C=C1c2ccccc2NC(=O)c2ccccc21. The van der Waals surface area contributed by atoms with Crippen LogP contribution >= 0.6 is 0 Å². The molecule has 2 aromatic rings. The first-order chi connectivity index (χ1) is 14.9. The molecule has 0 radical (unpaired) electrons. The molecule has 0 bridgehead atoms. The predicted molar refractivity (Wildman–Crippen MR) is 114 cm³/mol. The van der Waals surface area contributed by atoms with Gasteiger partial charge in [-0.25, -0.2) is 10.1 Å². The molecule has 10 nitrogen and oxygen atoms in total. The van der Waals surface area contributed by atoms with Gasteiger partial charge >= 0.3 is 0 Å². The van der Waals surface area contributed by atoms with Crippen LogP contribution in [-0.2, 0) is 4.79 Å². The van der Waals surface area contributed by atoms with E-state index in [-0.39, 0.29) is 31.4 Å². The van der Waals surface area contributed by atoms with Crippen LogP contribution in [0.2, 0.25) is 0 Å². The second-order valence-electron chi connectivity index (χ2n) is 7.26. The highest BCUT2D eigenvalue weighted by Crippen LogP contribution is 2.35. The van der Waals surface area contributed by atoms with Gasteiger partial charge in [-0.1, -0.05) is 36.4 Å². The number of nitrogens with two attached hydrogens (primary N) is 1. The lowest BCUT2D eigenvalue weighted by atomic mass is 9.93. The van der Waals surface area contributed by atoms with Crippen LogP contribution in [0.1, 0.15) is 21.5 Å². The molecule has 1 atom stereocenters. The zero-order chi connectivity index (χ0) is 22.1. The summed E-state index contributed by atoms with van der Waals surface area (Å²) in [6, 6.07) is 13.2. The molecule has 0 aromatic heterocycles. The number of benzene rings is 2. The Morgan fingerprint density at radius 3 is 2.45 bits per heavy atom. The highest BCUT2D eigenvalue weighted by Gasteiger charge is 2.36. The normalized spacial score (nSPS) is 19.2. The van der Waals surface area contributed by atoms with Crippen molar-refractivity contribution in [3.8, 4) is 0 Å². The fourth-order valence-electron chi connectivity index (χ4n) is 3.89. The molecule has 2 aliphatic heterocycles. The molecule has 1 unspecified atom stereocenters. The first-order valence-electron chi connectivity index (χ1n) is 9.62. The third-order valence-corrected chi connectivity index (χ3v) is 5.43. The van der Waals surface area contributed by atoms with Gasteiger partial charge in [0.15, 0.2) is 5.03 Å². The van der Waals surface area contributed by atoms with Gasteiger partial charge < -0.3 is 16.0 Å². The maximum absolute atomic E-state index is 13.3. The molecule has 4 rings (SSSR count). The molecule has 4 N–H and O–H groups in total. The minimum absolute atomic E-state index is 0.0267. The minimum Gasteiger partial charge on any atom is -0.386 e. The van der Waals surface area contributed by atoms with E-state index in [0.717, 1.165) is 5.01 Å². The topological polar surface area (TPSA) is 146 Å². The van der Waals surface area contributed by atoms with Crippen molar-refractivity contribution >= 4 is 28.9 Å². The number of carbonyl (C=O) groups is 2. The standard InChI is InChI=1S/C21H20N6O4/c22-20(23)18-12-25(27(30)31)9-10-26(18)19(28)11-16-13-5-1-2-7-15(13)21(29)24-17-8-4-3-6-14(16)17/h1-8,11,18H,9-10,12H2,(H3,22,23)(H,24,29). The number of nitro groups is 1. The number of carbonyl (C=O) groups excluding carboxylic acids is 2. The molecule has 31 heavy (non-hydrogen) atoms. The lowest BCUT2D eigenvalue weighted by Crippen LogP contribution is -2.60. The predicted octanol–water partition coefficient (Wildman–Crippen LogP) is 1.32. The highest BCUT2D eigenvalue weighted by molar-refractivity contribution is 6.15. The summed E-state index contributed by atoms with van der Waals surface area (Å²) in [5, 5.41) is 22.2. The average molecular weight is 420 g/mol. The van der Waals surface area contributed by atoms with Gasteiger partial charge in [0.25, 0.3) is 5.91 Å². The van der Waals surface area contributed by atoms with Gasteiger partial charge in [0, 0.05) is 29.4 Å². The van der Waals surface area contributed by atoms with E-state index in [4.69, 9.17) is 11.1 Å². The van der Waals surface area contributed by atoms with Gasteiger partial charge in [0.1, 0.15) is 18.4 Å². The van der Waals surface area contributed by atoms with Crippen LogP contribution in [-0.4, -0.2) is 58.3 Å². The minimum atomic E-state index is -0.917. The van der Waals surface area contributed by atoms with Crippen molar-refractivity contribution < 1.29 is 14.6 Å². The van der Waals surface area contributed by atoms with E-state index in [9.17, 15) is 19.7 Å². The molecule has 10 heteroatoms. The summed E-state index contributed by atoms with van der Waals surface area (Å²) in [7, 11) is 0. The highest BCUT2D eigenvalue weighted by atomic mass is 16.7. The number of nitrogens with one attached hydrogen (secondary N) is 2. The van der Waals surface area contributed by atoms with E-state index in [2.05, 4.69) is 5.32 Å². The van der Waals surface area contributed by atoms with E-state index in [1.807, 2.05) is 12.1 Å². The fourth-order valence-corrected chi connectivity index (χ4v) is 3.89. The molecule has 1 saturated heterocycles. The van der Waals surface area contributed by atoms with Gasteiger partial charge in [0.05, 0.1) is 6.54 Å². The Balaban J connectivity index is 1.78. The maximum Gasteiger partial charge on any atom is 0.256 e. The Morgan fingerprint density at radius 1 is 1.13 bits per heavy atom. The van der Waals surface area contributed by atoms with E-state index in [1.165, 1.54) is 11.0 Å². The van der Waals surface area contributed by atoms with Crippen molar-refractivity contribution in [2.75, 3.05) is 25.0 Å². The second-order valence-corrected chi connectivity index (χ2v) is 7.26. The summed E-state index contributed by atoms with van der Waals surface area (Å²) in [5.74, 6) is -1.03. The quantitative estimate of drug-likeness (QED) is 0.224. The summed E-state index contributed by atoms with van der Waals surface area (Å²) in [6.07, 6.45) is 1.41. The molecule has 2 aliphatic rings. The monoisotopic (exact) mass is 420 g/mol. The third-order valence-electron chi connectivity index (χ3n) is 5.43. The molecule has 0 aliphatic carbocycles. The molecular formula is C21H20N6O4. The van der Waals surface area contributed by atoms with Crippen LogP contribution in [0.3, 0.4) is 0 Å². The number of nitrogens with zero attached hydrogens (tertiary/aromatic N) is 3. The van der Waals surface area contributed by atoms with E-state index >= 15 is 0 Å². The van der Waals surface area contributed by atoms with Crippen molar-refractivity contribution in [1.29, 1.82) is 5.41 Å². The number of amides is 2. The molecule has 0 saturated carbocycles. The number of anilines is 1. The molecule has 2 aromatic carbocycles. The number of hydrogen-bond donors (Lipinski definition) is 3. The van der Waals surface area contributed by atoms with Crippen molar-refractivity contribution in [1.82, 2.24) is 9.91 Å². The maximum atomic E-state index is 13.3. The van der Waals surface area contributed by atoms with Crippen LogP contribution in [0.25, 0.3) is 5.57 Å². The number of fused-ring (bicyclic) bond motifs is 2. The van der Waals surface area contributed by atoms with Crippen molar-refractivity contribution in [2.24, 2.45) is 5.73 Å². The molecule has 2 amide bonds. The first kappa shape index (κ1) is 20.1. The summed E-state index contributed by atoms with van der Waals surface area (Å²) >= 11 is 0. The van der Waals surface area contributed by atoms with E-state index in [0.29, 0.717) is 28.0 Å². The number of hydrogen-bond acceptors (Lipinski definition) is 5. The fraction of sp³-hybridized carbons (Fsp3) is 0.190. The Hall–Kier alpha value is -4.21. The summed E-state index contributed by atoms with van der Waals surface area (Å²) in [5.41, 5.74) is 8.48. The van der Waals surface area contributed by atoms with Crippen LogP contribution in [0.5, 0.6) is 0 Å². The molecular weight excluding hydrogens is 400 g/mol. The van der Waals surface area contributed by atoms with Gasteiger partial charge in [-0.2, -0.15) is 0 Å². The van der Waals surface area contributed by atoms with Crippen LogP contribution < -0.4 is 11.1 Å². The number of piperazine rings is 1. The largest absolute Gasteiger partial charge is 0.386 e. The third kappa shape index (κ3) is 3.70. The Labute approximate surface area is 177 Å². The average Bonchev–Trinajstić information content (AvgIpc) is 2.88. The number of hydrazine groups is 1. The smallest absolute Gasteiger partial charge is 0.256 e. The summed E-state index contributed by atoms with van der Waals surface area (Å²) in [4.78, 5) is 38.5. The van der Waals surface area contributed by atoms with Gasteiger partial charge in [-0.3, -0.25) is 15.0 Å². The lowest BCUT2D eigenvalue weighted by Gasteiger charge is -2.36. The van der Waals surface area contributed by atoms with Crippen molar-refractivity contribution in [2.45, 2.75) is 6.04 Å². The van der Waals surface area contributed by atoms with Crippen LogP contribution in [0, 0.1) is 15.5 Å². The molecule has 158 valence electrons. The van der Waals surface area contributed by atoms with Crippen molar-refractivity contribution in [3.63, 3.8) is 0 Å².